The van der Waals surface area contributed by atoms with Crippen LogP contribution in [0.2, 0.25) is 0 Å². The van der Waals surface area contributed by atoms with Crippen LogP contribution in [-0.4, -0.2) is 25.7 Å². The average Bonchev–Trinajstić information content (AvgIpc) is 2.66. The van der Waals surface area contributed by atoms with Crippen LogP contribution < -0.4 is 22.0 Å². The normalized spacial score (nSPS) is 10.7. The van der Waals surface area contributed by atoms with Crippen molar-refractivity contribution < 1.29 is 4.79 Å². The molecule has 0 N–H and O–H groups in total. The van der Waals surface area contributed by atoms with Gasteiger partial charge in [-0.15, -0.1) is 13.2 Å². The summed E-state index contributed by atoms with van der Waals surface area (Å²) in [7, 11) is 0. The number of aromatic nitrogens is 3. The summed E-state index contributed by atoms with van der Waals surface area (Å²) in [4.78, 5) is 52.3. The molecule has 8 nitrogen and oxygen atoms in total. The standard InChI is InChI=1S/C20H24N4O4/c1-5-12-21-18(26)22(13-6-2)20(28)23(19(21)27)14-17(25)24(15(3)4)16-10-8-7-9-11-16/h5-11,15H,1-2,12-14H2,3-4H3. The fourth-order valence-electron chi connectivity index (χ4n) is 2.92. The van der Waals surface area contributed by atoms with Crippen molar-refractivity contribution >= 4 is 11.6 Å². The lowest BCUT2D eigenvalue weighted by Gasteiger charge is -2.27. The van der Waals surface area contributed by atoms with Crippen LogP contribution in [0.4, 0.5) is 5.69 Å². The van der Waals surface area contributed by atoms with Crippen molar-refractivity contribution in [3.63, 3.8) is 0 Å². The van der Waals surface area contributed by atoms with Gasteiger partial charge in [0, 0.05) is 11.7 Å². The van der Waals surface area contributed by atoms with Crippen LogP contribution in [0.3, 0.4) is 0 Å². The van der Waals surface area contributed by atoms with Gasteiger partial charge in [-0.1, -0.05) is 30.4 Å². The first-order valence-electron chi connectivity index (χ1n) is 8.86. The fourth-order valence-corrected chi connectivity index (χ4v) is 2.92. The van der Waals surface area contributed by atoms with Gasteiger partial charge in [-0.2, -0.15) is 0 Å². The number of allylic oxidation sites excluding steroid dienone is 2. The molecule has 0 aliphatic heterocycles. The van der Waals surface area contributed by atoms with E-state index in [1.807, 2.05) is 19.9 Å². The molecule has 0 atom stereocenters. The van der Waals surface area contributed by atoms with E-state index in [9.17, 15) is 19.2 Å². The Balaban J connectivity index is 2.58. The molecule has 1 aromatic carbocycles. The molecule has 0 saturated carbocycles. The van der Waals surface area contributed by atoms with E-state index < -0.39 is 29.5 Å². The molecule has 0 spiro atoms. The zero-order chi connectivity index (χ0) is 20.8. The number of anilines is 1. The first kappa shape index (κ1) is 20.9. The van der Waals surface area contributed by atoms with Gasteiger partial charge >= 0.3 is 17.1 Å². The predicted octanol–water partition coefficient (Wildman–Crippen LogP) is 0.985. The lowest BCUT2D eigenvalue weighted by atomic mass is 10.2. The summed E-state index contributed by atoms with van der Waals surface area (Å²) in [5.41, 5.74) is -1.80. The van der Waals surface area contributed by atoms with Crippen LogP contribution in [0.15, 0.2) is 70.0 Å². The summed E-state index contributed by atoms with van der Waals surface area (Å²) in [6.45, 7) is 10.1. The number of hydrogen-bond acceptors (Lipinski definition) is 4. The Labute approximate surface area is 162 Å². The molecule has 8 heteroatoms. The SMILES string of the molecule is C=CCn1c(=O)n(CC=C)c(=O)n(CC(=O)N(c2ccccc2)C(C)C)c1=O. The lowest BCUT2D eigenvalue weighted by molar-refractivity contribution is -0.119. The molecule has 0 bridgehead atoms. The van der Waals surface area contributed by atoms with Crippen LogP contribution in [0.5, 0.6) is 0 Å². The molecule has 1 aromatic heterocycles. The van der Waals surface area contributed by atoms with Crippen molar-refractivity contribution in [3.05, 3.63) is 87.1 Å². The average molecular weight is 384 g/mol. The lowest BCUT2D eigenvalue weighted by Crippen LogP contribution is -2.56. The molecular weight excluding hydrogens is 360 g/mol. The van der Waals surface area contributed by atoms with Gasteiger partial charge in [0.05, 0.1) is 13.1 Å². The Morgan fingerprint density at radius 3 is 1.82 bits per heavy atom. The molecule has 2 aromatic rings. The van der Waals surface area contributed by atoms with E-state index >= 15 is 0 Å². The smallest absolute Gasteiger partial charge is 0.308 e. The van der Waals surface area contributed by atoms with E-state index in [0.29, 0.717) is 5.69 Å². The highest BCUT2D eigenvalue weighted by molar-refractivity contribution is 5.93. The van der Waals surface area contributed by atoms with Crippen LogP contribution in [-0.2, 0) is 24.4 Å². The molecule has 148 valence electrons. The van der Waals surface area contributed by atoms with Gasteiger partial charge in [0.1, 0.15) is 6.54 Å². The number of nitrogens with zero attached hydrogens (tertiary/aromatic N) is 4. The largest absolute Gasteiger partial charge is 0.337 e. The number of rotatable bonds is 8. The minimum atomic E-state index is -0.847. The third-order valence-electron chi connectivity index (χ3n) is 4.12. The molecule has 0 unspecified atom stereocenters. The minimum Gasteiger partial charge on any atom is -0.308 e. The van der Waals surface area contributed by atoms with Crippen LogP contribution in [0.1, 0.15) is 13.8 Å². The second kappa shape index (κ2) is 8.98. The van der Waals surface area contributed by atoms with E-state index in [0.717, 1.165) is 13.7 Å². The monoisotopic (exact) mass is 384 g/mol. The summed E-state index contributed by atoms with van der Waals surface area (Å²) in [5.74, 6) is -0.436. The van der Waals surface area contributed by atoms with Gasteiger partial charge in [-0.3, -0.25) is 4.79 Å². The second-order valence-electron chi connectivity index (χ2n) is 6.43. The number of carbonyl (C=O) groups excluding carboxylic acids is 1. The van der Waals surface area contributed by atoms with Crippen molar-refractivity contribution in [3.8, 4) is 0 Å². The minimum absolute atomic E-state index is 0.0736. The third-order valence-corrected chi connectivity index (χ3v) is 4.12. The molecule has 1 heterocycles. The van der Waals surface area contributed by atoms with E-state index in [-0.39, 0.29) is 19.1 Å². The number of benzene rings is 1. The molecule has 0 radical (unpaired) electrons. The summed E-state index contributed by atoms with van der Waals surface area (Å²) >= 11 is 0. The maximum absolute atomic E-state index is 13.0. The first-order chi connectivity index (χ1) is 13.3. The van der Waals surface area contributed by atoms with Crippen LogP contribution in [0, 0.1) is 0 Å². The number of para-hydroxylation sites is 1. The van der Waals surface area contributed by atoms with Gasteiger partial charge in [-0.25, -0.2) is 28.1 Å². The molecule has 0 aliphatic rings. The zero-order valence-corrected chi connectivity index (χ0v) is 16.1. The molecule has 0 fully saturated rings. The van der Waals surface area contributed by atoms with Gasteiger partial charge in [-0.05, 0) is 26.0 Å². The number of amides is 1. The molecule has 1 amide bonds. The molecule has 0 saturated heterocycles. The Morgan fingerprint density at radius 1 is 0.929 bits per heavy atom. The Bertz CT molecular complexity index is 996. The summed E-state index contributed by atoms with van der Waals surface area (Å²) < 4.78 is 2.51. The van der Waals surface area contributed by atoms with Gasteiger partial charge in [0.25, 0.3) is 0 Å². The maximum Gasteiger partial charge on any atom is 0.337 e. The van der Waals surface area contributed by atoms with Crippen LogP contribution >= 0.6 is 0 Å². The summed E-state index contributed by atoms with van der Waals surface area (Å²) in [6.07, 6.45) is 2.75. The summed E-state index contributed by atoms with van der Waals surface area (Å²) in [5, 5.41) is 0. The highest BCUT2D eigenvalue weighted by Gasteiger charge is 2.22. The highest BCUT2D eigenvalue weighted by atomic mass is 16.2. The van der Waals surface area contributed by atoms with E-state index in [1.54, 1.807) is 24.3 Å². The third kappa shape index (κ3) is 4.11. The zero-order valence-electron chi connectivity index (χ0n) is 16.1. The highest BCUT2D eigenvalue weighted by Crippen LogP contribution is 2.16. The van der Waals surface area contributed by atoms with E-state index in [1.165, 1.54) is 17.1 Å². The Kier molecular flexibility index (Phi) is 6.70. The Morgan fingerprint density at radius 2 is 1.39 bits per heavy atom. The van der Waals surface area contributed by atoms with Gasteiger partial charge in [0.2, 0.25) is 5.91 Å². The topological polar surface area (TPSA) is 86.3 Å². The van der Waals surface area contributed by atoms with Crippen LogP contribution in [0.25, 0.3) is 0 Å². The van der Waals surface area contributed by atoms with Crippen molar-refractivity contribution in [2.24, 2.45) is 0 Å². The number of carbonyl (C=O) groups is 1. The molecule has 28 heavy (non-hydrogen) atoms. The first-order valence-corrected chi connectivity index (χ1v) is 8.86. The van der Waals surface area contributed by atoms with Gasteiger partial charge in [0.15, 0.2) is 0 Å². The predicted molar refractivity (Wildman–Crippen MR) is 109 cm³/mol. The second-order valence-corrected chi connectivity index (χ2v) is 6.43. The van der Waals surface area contributed by atoms with Gasteiger partial charge < -0.3 is 4.90 Å². The quantitative estimate of drug-likeness (QED) is 0.635. The fraction of sp³-hybridized carbons (Fsp3) is 0.300. The Hall–Kier alpha value is -3.42. The molecule has 2 rings (SSSR count). The molecular formula is C20H24N4O4. The maximum atomic E-state index is 13.0. The molecule has 0 aliphatic carbocycles. The number of hydrogen-bond donors (Lipinski definition) is 0. The van der Waals surface area contributed by atoms with E-state index in [2.05, 4.69) is 13.2 Å². The van der Waals surface area contributed by atoms with Crippen molar-refractivity contribution in [1.82, 2.24) is 13.7 Å². The van der Waals surface area contributed by atoms with Crippen molar-refractivity contribution in [1.29, 1.82) is 0 Å². The van der Waals surface area contributed by atoms with E-state index in [4.69, 9.17) is 0 Å². The van der Waals surface area contributed by atoms with Crippen molar-refractivity contribution in [2.75, 3.05) is 4.90 Å². The summed E-state index contributed by atoms with van der Waals surface area (Å²) in [6, 6.07) is 8.78. The van der Waals surface area contributed by atoms with Crippen molar-refractivity contribution in [2.45, 2.75) is 39.5 Å².